The van der Waals surface area contributed by atoms with Crippen LogP contribution in [0.25, 0.3) is 11.3 Å². The molecule has 4 rings (SSSR count). The van der Waals surface area contributed by atoms with Crippen molar-refractivity contribution in [3.05, 3.63) is 75.9 Å². The molecular formula is C26H31Cl3N4O2. The Morgan fingerprint density at radius 1 is 1.06 bits per heavy atom. The van der Waals surface area contributed by atoms with Gasteiger partial charge in [0.1, 0.15) is 0 Å². The van der Waals surface area contributed by atoms with E-state index in [2.05, 4.69) is 15.1 Å². The molecule has 2 aromatic carbocycles. The Bertz CT molecular complexity index is 1140. The van der Waals surface area contributed by atoms with Crippen molar-refractivity contribution in [1.29, 1.82) is 0 Å². The van der Waals surface area contributed by atoms with Crippen LogP contribution in [0.15, 0.2) is 54.6 Å². The molecule has 0 spiro atoms. The topological polar surface area (TPSA) is 60.7 Å². The highest BCUT2D eigenvalue weighted by atomic mass is 35.5. The average Bonchev–Trinajstić information content (AvgIpc) is 3.15. The van der Waals surface area contributed by atoms with Crippen LogP contribution in [0.5, 0.6) is 0 Å². The van der Waals surface area contributed by atoms with Crippen LogP contribution in [0.1, 0.15) is 16.1 Å². The van der Waals surface area contributed by atoms with Gasteiger partial charge in [-0.3, -0.25) is 9.69 Å². The van der Waals surface area contributed by atoms with Crippen molar-refractivity contribution in [2.75, 3.05) is 44.2 Å². The Morgan fingerprint density at radius 2 is 1.74 bits per heavy atom. The molecule has 3 aromatic rings. The highest BCUT2D eigenvalue weighted by molar-refractivity contribution is 6.43. The molecule has 0 aliphatic carbocycles. The van der Waals surface area contributed by atoms with E-state index in [-0.39, 0.29) is 24.9 Å². The fourth-order valence-electron chi connectivity index (χ4n) is 4.39. The van der Waals surface area contributed by atoms with Crippen molar-refractivity contribution in [2.45, 2.75) is 13.0 Å². The van der Waals surface area contributed by atoms with E-state index < -0.39 is 6.10 Å². The van der Waals surface area contributed by atoms with Gasteiger partial charge in [0, 0.05) is 57.7 Å². The minimum Gasteiger partial charge on any atom is -0.390 e. The number of halogens is 3. The van der Waals surface area contributed by atoms with Crippen LogP contribution in [-0.2, 0) is 7.05 Å². The number of aliphatic hydroxyl groups is 1. The minimum atomic E-state index is -0.650. The third-order valence-electron chi connectivity index (χ3n) is 6.46. The van der Waals surface area contributed by atoms with E-state index in [0.29, 0.717) is 22.2 Å². The van der Waals surface area contributed by atoms with Crippen LogP contribution in [0.2, 0.25) is 10.0 Å². The molecule has 0 saturated carbocycles. The number of aromatic nitrogens is 1. The van der Waals surface area contributed by atoms with Crippen LogP contribution in [-0.4, -0.2) is 65.9 Å². The Kier molecular flexibility index (Phi) is 9.50. The lowest BCUT2D eigenvalue weighted by atomic mass is 10.1. The van der Waals surface area contributed by atoms with E-state index in [0.717, 1.165) is 48.8 Å². The first-order valence-corrected chi connectivity index (χ1v) is 12.2. The molecule has 6 nitrogen and oxygen atoms in total. The number of anilines is 1. The number of hydrogen-bond donors (Lipinski definition) is 2. The molecule has 1 aliphatic heterocycles. The highest BCUT2D eigenvalue weighted by Gasteiger charge is 2.22. The zero-order valence-electron chi connectivity index (χ0n) is 19.9. The van der Waals surface area contributed by atoms with Crippen molar-refractivity contribution in [1.82, 2.24) is 14.8 Å². The standard InChI is InChI=1S/C26H30Cl2N4O2.ClH/c1-18-21(15-24(30(18)2)19-7-4-3-5-8-19)26(34)29-16-20(33)17-31-11-13-32(14-12-31)23-10-6-9-22(27)25(23)28;/h3-10,15,20,33H,11-14,16-17H2,1-2H3,(H,29,34);1H. The van der Waals surface area contributed by atoms with Gasteiger partial charge in [-0.15, -0.1) is 12.4 Å². The van der Waals surface area contributed by atoms with Crippen LogP contribution in [0, 0.1) is 6.92 Å². The fraction of sp³-hybridized carbons (Fsp3) is 0.346. The summed E-state index contributed by atoms with van der Waals surface area (Å²) in [5, 5.41) is 14.6. The lowest BCUT2D eigenvalue weighted by Crippen LogP contribution is -2.50. The Balaban J connectivity index is 0.00000342. The van der Waals surface area contributed by atoms with Crippen molar-refractivity contribution in [3.63, 3.8) is 0 Å². The summed E-state index contributed by atoms with van der Waals surface area (Å²) >= 11 is 12.5. The van der Waals surface area contributed by atoms with Crippen molar-refractivity contribution >= 4 is 47.2 Å². The number of β-amino-alcohol motifs (C(OH)–C–C–N with tert-alkyl or cyclic N) is 1. The molecule has 1 fully saturated rings. The first-order chi connectivity index (χ1) is 16.3. The van der Waals surface area contributed by atoms with Gasteiger partial charge in [-0.05, 0) is 30.7 Å². The molecule has 1 atom stereocenters. The predicted molar refractivity (Wildman–Crippen MR) is 146 cm³/mol. The van der Waals surface area contributed by atoms with Gasteiger partial charge in [-0.25, -0.2) is 0 Å². The monoisotopic (exact) mass is 536 g/mol. The second-order valence-electron chi connectivity index (χ2n) is 8.68. The van der Waals surface area contributed by atoms with Gasteiger partial charge < -0.3 is 19.9 Å². The smallest absolute Gasteiger partial charge is 0.253 e. The third kappa shape index (κ3) is 6.32. The number of nitrogens with zero attached hydrogens (tertiary/aromatic N) is 3. The summed E-state index contributed by atoms with van der Waals surface area (Å²) in [7, 11) is 1.96. The zero-order valence-corrected chi connectivity index (χ0v) is 22.2. The molecule has 1 amide bonds. The van der Waals surface area contributed by atoms with Crippen LogP contribution in [0.3, 0.4) is 0 Å². The maximum absolute atomic E-state index is 12.8. The van der Waals surface area contributed by atoms with Gasteiger partial charge in [-0.1, -0.05) is 59.6 Å². The minimum absolute atomic E-state index is 0. The number of nitrogens with one attached hydrogen (secondary N) is 1. The van der Waals surface area contributed by atoms with E-state index >= 15 is 0 Å². The Labute approximate surface area is 222 Å². The maximum atomic E-state index is 12.8. The normalized spacial score (nSPS) is 14.9. The summed E-state index contributed by atoms with van der Waals surface area (Å²) in [6.07, 6.45) is -0.650. The van der Waals surface area contributed by atoms with Crippen molar-refractivity contribution in [3.8, 4) is 11.3 Å². The molecule has 9 heteroatoms. The lowest BCUT2D eigenvalue weighted by Gasteiger charge is -2.37. The second kappa shape index (κ2) is 12.2. The van der Waals surface area contributed by atoms with Gasteiger partial charge in [0.15, 0.2) is 0 Å². The van der Waals surface area contributed by atoms with Gasteiger partial charge in [0.05, 0.1) is 27.4 Å². The van der Waals surface area contributed by atoms with Crippen LogP contribution < -0.4 is 10.2 Å². The molecule has 1 aromatic heterocycles. The number of piperazine rings is 1. The number of benzene rings is 2. The summed E-state index contributed by atoms with van der Waals surface area (Å²) in [6, 6.07) is 17.6. The highest BCUT2D eigenvalue weighted by Crippen LogP contribution is 2.33. The van der Waals surface area contributed by atoms with Crippen molar-refractivity contribution < 1.29 is 9.90 Å². The number of amides is 1. The lowest BCUT2D eigenvalue weighted by molar-refractivity contribution is 0.0851. The molecule has 188 valence electrons. The second-order valence-corrected chi connectivity index (χ2v) is 9.46. The maximum Gasteiger partial charge on any atom is 0.253 e. The van der Waals surface area contributed by atoms with E-state index in [9.17, 15) is 9.90 Å². The number of carbonyl (C=O) groups is 1. The van der Waals surface area contributed by atoms with E-state index in [1.54, 1.807) is 6.07 Å². The summed E-state index contributed by atoms with van der Waals surface area (Å²) in [5.74, 6) is -0.172. The molecular weight excluding hydrogens is 507 g/mol. The predicted octanol–water partition coefficient (Wildman–Crippen LogP) is 4.64. The molecule has 1 aliphatic rings. The summed E-state index contributed by atoms with van der Waals surface area (Å²) in [4.78, 5) is 17.3. The summed E-state index contributed by atoms with van der Waals surface area (Å²) in [6.45, 7) is 5.82. The average molecular weight is 538 g/mol. The van der Waals surface area contributed by atoms with Gasteiger partial charge in [0.2, 0.25) is 0 Å². The summed E-state index contributed by atoms with van der Waals surface area (Å²) in [5.41, 5.74) is 4.50. The Morgan fingerprint density at radius 3 is 2.43 bits per heavy atom. The number of aliphatic hydroxyl groups excluding tert-OH is 1. The Hall–Kier alpha value is -2.22. The first-order valence-electron chi connectivity index (χ1n) is 11.4. The molecule has 0 bridgehead atoms. The van der Waals surface area contributed by atoms with E-state index in [1.165, 1.54) is 0 Å². The van der Waals surface area contributed by atoms with Crippen LogP contribution in [0.4, 0.5) is 5.69 Å². The molecule has 1 unspecified atom stereocenters. The van der Waals surface area contributed by atoms with Crippen molar-refractivity contribution in [2.24, 2.45) is 7.05 Å². The van der Waals surface area contributed by atoms with Gasteiger partial charge in [-0.2, -0.15) is 0 Å². The molecule has 2 heterocycles. The number of carbonyl (C=O) groups excluding carboxylic acids is 1. The number of rotatable bonds is 7. The van der Waals surface area contributed by atoms with Crippen LogP contribution >= 0.6 is 35.6 Å². The molecule has 0 radical (unpaired) electrons. The third-order valence-corrected chi connectivity index (χ3v) is 7.27. The number of hydrogen-bond acceptors (Lipinski definition) is 4. The van der Waals surface area contributed by atoms with Gasteiger partial charge >= 0.3 is 0 Å². The SMILES string of the molecule is Cc1c(C(=O)NCC(O)CN2CCN(c3cccc(Cl)c3Cl)CC2)cc(-c2ccccc2)n1C.Cl. The van der Waals surface area contributed by atoms with Gasteiger partial charge in [0.25, 0.3) is 5.91 Å². The molecule has 2 N–H and O–H groups in total. The summed E-state index contributed by atoms with van der Waals surface area (Å²) < 4.78 is 2.02. The molecule has 35 heavy (non-hydrogen) atoms. The largest absolute Gasteiger partial charge is 0.390 e. The quantitative estimate of drug-likeness (QED) is 0.461. The molecule has 1 saturated heterocycles. The van der Waals surface area contributed by atoms with E-state index in [4.69, 9.17) is 23.2 Å². The zero-order chi connectivity index (χ0) is 24.2. The first kappa shape index (κ1) is 27.4. The fourth-order valence-corrected chi connectivity index (χ4v) is 4.81. The van der Waals surface area contributed by atoms with E-state index in [1.807, 2.05) is 67.1 Å².